The number of para-hydroxylation sites is 1. The highest BCUT2D eigenvalue weighted by molar-refractivity contribution is 5.76. The molecule has 0 aliphatic heterocycles. The van der Waals surface area contributed by atoms with Gasteiger partial charge in [-0.15, -0.1) is 0 Å². The van der Waals surface area contributed by atoms with E-state index in [0.29, 0.717) is 17.1 Å². The fourth-order valence-corrected chi connectivity index (χ4v) is 3.26. The molecule has 2 aromatic heterocycles. The van der Waals surface area contributed by atoms with Crippen molar-refractivity contribution < 1.29 is 14.2 Å². The predicted molar refractivity (Wildman–Crippen MR) is 109 cm³/mol. The lowest BCUT2D eigenvalue weighted by Crippen LogP contribution is -2.33. The third kappa shape index (κ3) is 3.50. The van der Waals surface area contributed by atoms with E-state index in [1.54, 1.807) is 54.9 Å². The van der Waals surface area contributed by atoms with Crippen molar-refractivity contribution in [2.75, 3.05) is 0 Å². The molecule has 2 heterocycles. The summed E-state index contributed by atoms with van der Waals surface area (Å²) in [6.07, 6.45) is -0.794. The molecule has 2 aromatic carbocycles. The molecule has 0 aliphatic carbocycles. The lowest BCUT2D eigenvalue weighted by atomic mass is 10.2. The standard InChI is InChI=1S/C21H19FN4O4/c1-12(27)11-26-19-17(20(28)24-21(26)29)25(2)18(23-19)13-7-9-14(10-8-13)30-16-6-4-3-5-15(16)22/h3-10,12,27H,11H2,1-2H3,(H,24,28,29). The molecule has 0 saturated carbocycles. The van der Waals surface area contributed by atoms with Crippen molar-refractivity contribution in [2.24, 2.45) is 7.05 Å². The predicted octanol–water partition coefficient (Wildman–Crippen LogP) is 2.40. The van der Waals surface area contributed by atoms with Crippen molar-refractivity contribution in [1.82, 2.24) is 19.1 Å². The van der Waals surface area contributed by atoms with E-state index in [0.717, 1.165) is 0 Å². The number of hydrogen-bond acceptors (Lipinski definition) is 5. The number of hydrogen-bond donors (Lipinski definition) is 2. The van der Waals surface area contributed by atoms with Gasteiger partial charge in [-0.05, 0) is 43.3 Å². The summed E-state index contributed by atoms with van der Waals surface area (Å²) < 4.78 is 22.1. The summed E-state index contributed by atoms with van der Waals surface area (Å²) in [7, 11) is 1.67. The number of H-pyrrole nitrogens is 1. The van der Waals surface area contributed by atoms with E-state index >= 15 is 0 Å². The zero-order valence-electron chi connectivity index (χ0n) is 16.3. The van der Waals surface area contributed by atoms with Crippen LogP contribution in [0.2, 0.25) is 0 Å². The number of imidazole rings is 1. The van der Waals surface area contributed by atoms with Gasteiger partial charge in [0.05, 0.1) is 12.6 Å². The number of fused-ring (bicyclic) bond motifs is 1. The van der Waals surface area contributed by atoms with Crippen molar-refractivity contribution in [3.05, 3.63) is 75.2 Å². The molecule has 4 rings (SSSR count). The number of nitrogens with zero attached hydrogens (tertiary/aromatic N) is 3. The van der Waals surface area contributed by atoms with Crippen molar-refractivity contribution in [2.45, 2.75) is 19.6 Å². The lowest BCUT2D eigenvalue weighted by Gasteiger charge is -2.08. The van der Waals surface area contributed by atoms with Gasteiger partial charge in [0.2, 0.25) is 0 Å². The number of aromatic amines is 1. The van der Waals surface area contributed by atoms with Gasteiger partial charge in [0.1, 0.15) is 11.6 Å². The summed E-state index contributed by atoms with van der Waals surface area (Å²) in [5.41, 5.74) is -0.111. The van der Waals surface area contributed by atoms with Crippen LogP contribution in [0.3, 0.4) is 0 Å². The van der Waals surface area contributed by atoms with E-state index in [9.17, 15) is 19.1 Å². The summed E-state index contributed by atoms with van der Waals surface area (Å²) in [6, 6.07) is 12.9. The Labute approximate surface area is 169 Å². The zero-order valence-corrected chi connectivity index (χ0v) is 16.3. The molecule has 0 aliphatic rings. The van der Waals surface area contributed by atoms with E-state index in [4.69, 9.17) is 4.74 Å². The number of rotatable bonds is 5. The third-order valence-corrected chi connectivity index (χ3v) is 4.64. The van der Waals surface area contributed by atoms with Crippen molar-refractivity contribution in [1.29, 1.82) is 0 Å². The van der Waals surface area contributed by atoms with E-state index in [1.165, 1.54) is 16.7 Å². The van der Waals surface area contributed by atoms with Gasteiger partial charge in [0.25, 0.3) is 5.56 Å². The summed E-state index contributed by atoms with van der Waals surface area (Å²) in [5.74, 6) is 0.540. The summed E-state index contributed by atoms with van der Waals surface area (Å²) >= 11 is 0. The fourth-order valence-electron chi connectivity index (χ4n) is 3.26. The number of aliphatic hydroxyl groups excluding tert-OH is 1. The van der Waals surface area contributed by atoms with Crippen molar-refractivity contribution >= 4 is 11.2 Å². The minimum Gasteiger partial charge on any atom is -0.454 e. The normalized spacial score (nSPS) is 12.3. The van der Waals surface area contributed by atoms with Crippen LogP contribution in [0.4, 0.5) is 4.39 Å². The summed E-state index contributed by atoms with van der Waals surface area (Å²) in [4.78, 5) is 31.3. The second-order valence-corrected chi connectivity index (χ2v) is 6.94. The maximum absolute atomic E-state index is 13.8. The molecule has 154 valence electrons. The van der Waals surface area contributed by atoms with Gasteiger partial charge in [0, 0.05) is 12.6 Å². The Morgan fingerprint density at radius 1 is 1.17 bits per heavy atom. The fraction of sp³-hybridized carbons (Fsp3) is 0.190. The lowest BCUT2D eigenvalue weighted by molar-refractivity contribution is 0.173. The molecule has 0 amide bonds. The molecular weight excluding hydrogens is 391 g/mol. The highest BCUT2D eigenvalue weighted by Crippen LogP contribution is 2.27. The topological polar surface area (TPSA) is 102 Å². The summed E-state index contributed by atoms with van der Waals surface area (Å²) in [6.45, 7) is 1.54. The van der Waals surface area contributed by atoms with Gasteiger partial charge in [-0.2, -0.15) is 0 Å². The number of halogens is 1. The maximum Gasteiger partial charge on any atom is 0.330 e. The molecule has 2 N–H and O–H groups in total. The Bertz CT molecular complexity index is 1340. The van der Waals surface area contributed by atoms with Crippen LogP contribution in [0, 0.1) is 5.82 Å². The minimum atomic E-state index is -0.794. The number of benzene rings is 2. The molecule has 1 atom stereocenters. The molecule has 0 radical (unpaired) electrons. The molecule has 4 aromatic rings. The Kier molecular flexibility index (Phi) is 4.96. The second-order valence-electron chi connectivity index (χ2n) is 6.94. The Morgan fingerprint density at radius 3 is 2.53 bits per heavy atom. The third-order valence-electron chi connectivity index (χ3n) is 4.64. The van der Waals surface area contributed by atoms with E-state index in [-0.39, 0.29) is 23.5 Å². The van der Waals surface area contributed by atoms with Gasteiger partial charge >= 0.3 is 5.69 Å². The first-order valence-electron chi connectivity index (χ1n) is 9.25. The smallest absolute Gasteiger partial charge is 0.330 e. The highest BCUT2D eigenvalue weighted by Gasteiger charge is 2.18. The molecule has 0 bridgehead atoms. The maximum atomic E-state index is 13.8. The molecule has 0 spiro atoms. The average Bonchev–Trinajstić information content (AvgIpc) is 3.05. The molecule has 0 fully saturated rings. The largest absolute Gasteiger partial charge is 0.454 e. The van der Waals surface area contributed by atoms with Crippen LogP contribution in [0.15, 0.2) is 58.1 Å². The van der Waals surface area contributed by atoms with Crippen molar-refractivity contribution in [3.8, 4) is 22.9 Å². The van der Waals surface area contributed by atoms with Crippen LogP contribution in [0.5, 0.6) is 11.5 Å². The first-order chi connectivity index (χ1) is 14.3. The monoisotopic (exact) mass is 410 g/mol. The molecule has 1 unspecified atom stereocenters. The SMILES string of the molecule is CC(O)Cn1c(=O)[nH]c(=O)c2c1nc(-c1ccc(Oc3ccccc3F)cc1)n2C. The number of aliphatic hydroxyl groups is 1. The van der Waals surface area contributed by atoms with Gasteiger partial charge in [-0.1, -0.05) is 12.1 Å². The second kappa shape index (κ2) is 7.60. The minimum absolute atomic E-state index is 0.00200. The Hall–Kier alpha value is -3.72. The van der Waals surface area contributed by atoms with Gasteiger partial charge in [-0.25, -0.2) is 14.2 Å². The highest BCUT2D eigenvalue weighted by atomic mass is 19.1. The number of aromatic nitrogens is 4. The molecule has 30 heavy (non-hydrogen) atoms. The van der Waals surface area contributed by atoms with Gasteiger partial charge in [0.15, 0.2) is 22.7 Å². The quantitative estimate of drug-likeness (QED) is 0.526. The Balaban J connectivity index is 1.75. The molecule has 9 heteroatoms. The van der Waals surface area contributed by atoms with E-state index in [2.05, 4.69) is 9.97 Å². The van der Waals surface area contributed by atoms with Crippen LogP contribution in [0.25, 0.3) is 22.6 Å². The number of aryl methyl sites for hydroxylation is 1. The Morgan fingerprint density at radius 2 is 1.87 bits per heavy atom. The van der Waals surface area contributed by atoms with E-state index < -0.39 is 23.2 Å². The zero-order chi connectivity index (χ0) is 21.4. The van der Waals surface area contributed by atoms with Gasteiger partial charge < -0.3 is 14.4 Å². The summed E-state index contributed by atoms with van der Waals surface area (Å²) in [5, 5.41) is 9.70. The van der Waals surface area contributed by atoms with Crippen LogP contribution in [0.1, 0.15) is 6.92 Å². The molecule has 0 saturated heterocycles. The van der Waals surface area contributed by atoms with Crippen molar-refractivity contribution in [3.63, 3.8) is 0 Å². The molecular formula is C21H19FN4O4. The first-order valence-corrected chi connectivity index (χ1v) is 9.25. The first kappa shape index (κ1) is 19.6. The average molecular weight is 410 g/mol. The number of ether oxygens (including phenoxy) is 1. The van der Waals surface area contributed by atoms with E-state index in [1.807, 2.05) is 0 Å². The van der Waals surface area contributed by atoms with Gasteiger partial charge in [-0.3, -0.25) is 14.3 Å². The number of nitrogens with one attached hydrogen (secondary N) is 1. The van der Waals surface area contributed by atoms with Crippen LogP contribution in [-0.4, -0.2) is 30.3 Å². The van der Waals surface area contributed by atoms with Crippen LogP contribution in [-0.2, 0) is 13.6 Å². The van der Waals surface area contributed by atoms with Crippen LogP contribution < -0.4 is 16.0 Å². The molecule has 8 nitrogen and oxygen atoms in total. The van der Waals surface area contributed by atoms with Crippen LogP contribution >= 0.6 is 0 Å².